The van der Waals surface area contributed by atoms with Crippen LogP contribution in [-0.2, 0) is 14.8 Å². The predicted molar refractivity (Wildman–Crippen MR) is 105 cm³/mol. The van der Waals surface area contributed by atoms with Crippen LogP contribution in [0.4, 0.5) is 0 Å². The topological polar surface area (TPSA) is 62.1 Å². The van der Waals surface area contributed by atoms with E-state index in [0.717, 1.165) is 13.1 Å². The van der Waals surface area contributed by atoms with E-state index in [-0.39, 0.29) is 10.8 Å². The van der Waals surface area contributed by atoms with E-state index < -0.39 is 10.0 Å². The predicted octanol–water partition coefficient (Wildman–Crippen LogP) is 0.734. The number of hydrogen-bond donors (Lipinski definition) is 1. The van der Waals surface area contributed by atoms with Crippen molar-refractivity contribution in [2.24, 2.45) is 11.8 Å². The molecule has 8 heteroatoms. The molecule has 0 spiro atoms. The molecular weight excluding hydrogens is 386 g/mol. The Morgan fingerprint density at radius 2 is 1.63 bits per heavy atom. The summed E-state index contributed by atoms with van der Waals surface area (Å²) in [6.45, 7) is 8.66. The molecule has 2 aliphatic heterocycles. The fourth-order valence-corrected chi connectivity index (χ4v) is 5.87. The van der Waals surface area contributed by atoms with Gasteiger partial charge in [-0.25, -0.2) is 8.42 Å². The highest BCUT2D eigenvalue weighted by Gasteiger charge is 2.32. The summed E-state index contributed by atoms with van der Waals surface area (Å²) in [7, 11) is -3.54. The Morgan fingerprint density at radius 1 is 1.07 bits per heavy atom. The molecule has 6 nitrogen and oxygen atoms in total. The Hall–Kier alpha value is -1.15. The minimum atomic E-state index is -3.54. The molecule has 2 heterocycles. The molecule has 2 saturated heterocycles. The van der Waals surface area contributed by atoms with Gasteiger partial charge in [-0.1, -0.05) is 25.4 Å². The fraction of sp³-hybridized carbons (Fsp3) is 0.632. The van der Waals surface area contributed by atoms with Crippen LogP contribution in [0.3, 0.4) is 0 Å². The Kier molecular flexibility index (Phi) is 6.46. The number of rotatable bonds is 4. The van der Waals surface area contributed by atoms with Crippen molar-refractivity contribution in [3.8, 4) is 0 Å². The molecule has 2 aliphatic rings. The molecule has 3 rings (SSSR count). The highest BCUT2D eigenvalue weighted by molar-refractivity contribution is 7.89. The largest absolute Gasteiger partial charge is 0.335 e. The summed E-state index contributed by atoms with van der Waals surface area (Å²) >= 11 is 5.84. The zero-order valence-electron chi connectivity index (χ0n) is 16.0. The first kappa shape index (κ1) is 20.6. The van der Waals surface area contributed by atoms with Crippen molar-refractivity contribution in [2.75, 3.05) is 45.8 Å². The summed E-state index contributed by atoms with van der Waals surface area (Å²) in [6.07, 6.45) is 1.24. The highest BCUT2D eigenvalue weighted by atomic mass is 35.5. The van der Waals surface area contributed by atoms with Crippen LogP contribution in [0.15, 0.2) is 29.2 Å². The maximum Gasteiger partial charge on any atom is 0.277 e. The second-order valence-corrected chi connectivity index (χ2v) is 10.4. The second-order valence-electron chi connectivity index (χ2n) is 8.02. The van der Waals surface area contributed by atoms with Crippen LogP contribution in [0, 0.1) is 11.8 Å². The van der Waals surface area contributed by atoms with Crippen LogP contribution >= 0.6 is 11.6 Å². The second kappa shape index (κ2) is 8.47. The molecule has 0 aliphatic carbocycles. The van der Waals surface area contributed by atoms with Crippen LogP contribution in [0.25, 0.3) is 0 Å². The van der Waals surface area contributed by atoms with Gasteiger partial charge in [0, 0.05) is 43.0 Å². The first-order valence-electron chi connectivity index (χ1n) is 9.62. The van der Waals surface area contributed by atoms with E-state index in [0.29, 0.717) is 49.6 Å². The van der Waals surface area contributed by atoms with Gasteiger partial charge in [0.25, 0.3) is 5.91 Å². The van der Waals surface area contributed by atoms with Crippen molar-refractivity contribution in [3.05, 3.63) is 29.3 Å². The summed E-state index contributed by atoms with van der Waals surface area (Å²) in [5.41, 5.74) is 0. The first-order valence-corrected chi connectivity index (χ1v) is 11.4. The number of sulfonamides is 1. The van der Waals surface area contributed by atoms with Gasteiger partial charge in [0.1, 0.15) is 0 Å². The molecular formula is C19H29ClN3O3S+. The average Bonchev–Trinajstić information content (AvgIpc) is 2.61. The molecule has 2 atom stereocenters. The van der Waals surface area contributed by atoms with E-state index in [1.807, 2.05) is 4.90 Å². The third-order valence-electron chi connectivity index (χ3n) is 5.52. The third-order valence-corrected chi connectivity index (χ3v) is 7.69. The summed E-state index contributed by atoms with van der Waals surface area (Å²) < 4.78 is 26.9. The average molecular weight is 415 g/mol. The maximum atomic E-state index is 12.7. The minimum absolute atomic E-state index is 0.134. The normalized spacial score (nSPS) is 27.5. The van der Waals surface area contributed by atoms with Crippen LogP contribution in [0.5, 0.6) is 0 Å². The van der Waals surface area contributed by atoms with Crippen molar-refractivity contribution in [2.45, 2.75) is 25.2 Å². The summed E-state index contributed by atoms with van der Waals surface area (Å²) in [5.74, 6) is 1.44. The Bertz CT molecular complexity index is 751. The summed E-state index contributed by atoms with van der Waals surface area (Å²) in [4.78, 5) is 16.1. The third kappa shape index (κ3) is 5.02. The van der Waals surface area contributed by atoms with Crippen molar-refractivity contribution in [1.29, 1.82) is 0 Å². The van der Waals surface area contributed by atoms with Crippen molar-refractivity contribution in [1.82, 2.24) is 9.21 Å². The maximum absolute atomic E-state index is 12.7. The lowest BCUT2D eigenvalue weighted by atomic mass is 9.92. The molecule has 0 aromatic heterocycles. The number of carbonyl (C=O) groups excluding carboxylic acids is 1. The molecule has 0 bridgehead atoms. The fourth-order valence-electron chi connectivity index (χ4n) is 4.33. The number of nitrogens with one attached hydrogen (secondary N) is 1. The summed E-state index contributed by atoms with van der Waals surface area (Å²) in [5, 5.41) is 0.508. The number of amides is 1. The quantitative estimate of drug-likeness (QED) is 0.790. The van der Waals surface area contributed by atoms with Crippen LogP contribution < -0.4 is 4.90 Å². The van der Waals surface area contributed by atoms with Crippen molar-refractivity contribution >= 4 is 27.5 Å². The van der Waals surface area contributed by atoms with Gasteiger partial charge in [-0.3, -0.25) is 4.79 Å². The lowest BCUT2D eigenvalue weighted by Crippen LogP contribution is -3.15. The van der Waals surface area contributed by atoms with Crippen molar-refractivity contribution < 1.29 is 18.1 Å². The molecule has 150 valence electrons. The number of piperazine rings is 1. The Morgan fingerprint density at radius 3 is 2.19 bits per heavy atom. The highest BCUT2D eigenvalue weighted by Crippen LogP contribution is 2.20. The van der Waals surface area contributed by atoms with Gasteiger partial charge in [-0.05, 0) is 30.7 Å². The van der Waals surface area contributed by atoms with Gasteiger partial charge in [0.15, 0.2) is 6.54 Å². The number of hydrogen-bond acceptors (Lipinski definition) is 3. The van der Waals surface area contributed by atoms with E-state index in [1.165, 1.54) is 27.8 Å². The zero-order chi connectivity index (χ0) is 19.6. The van der Waals surface area contributed by atoms with E-state index in [2.05, 4.69) is 13.8 Å². The lowest BCUT2D eigenvalue weighted by molar-refractivity contribution is -0.904. The van der Waals surface area contributed by atoms with Gasteiger partial charge in [0.05, 0.1) is 18.0 Å². The van der Waals surface area contributed by atoms with Gasteiger partial charge in [-0.15, -0.1) is 0 Å². The molecule has 27 heavy (non-hydrogen) atoms. The molecule has 2 fully saturated rings. The van der Waals surface area contributed by atoms with E-state index in [1.54, 1.807) is 12.1 Å². The van der Waals surface area contributed by atoms with Crippen LogP contribution in [0.1, 0.15) is 20.3 Å². The number of piperidine rings is 1. The number of halogens is 1. The molecule has 0 saturated carbocycles. The lowest BCUT2D eigenvalue weighted by Gasteiger charge is -2.36. The van der Waals surface area contributed by atoms with Gasteiger partial charge < -0.3 is 9.80 Å². The SMILES string of the molecule is C[C@@H]1C[C@@H](C)C[NH+](CC(=O)N2CCN(S(=O)(=O)c3ccc(Cl)cc3)CC2)C1. The molecule has 1 aromatic rings. The van der Waals surface area contributed by atoms with Gasteiger partial charge >= 0.3 is 0 Å². The Labute approximate surface area is 167 Å². The smallest absolute Gasteiger partial charge is 0.277 e. The van der Waals surface area contributed by atoms with Crippen molar-refractivity contribution in [3.63, 3.8) is 0 Å². The van der Waals surface area contributed by atoms with Crippen LogP contribution in [-0.4, -0.2) is 69.3 Å². The number of quaternary nitrogens is 1. The molecule has 1 N–H and O–H groups in total. The van der Waals surface area contributed by atoms with E-state index in [4.69, 9.17) is 11.6 Å². The minimum Gasteiger partial charge on any atom is -0.335 e. The molecule has 1 amide bonds. The molecule has 0 unspecified atom stereocenters. The summed E-state index contributed by atoms with van der Waals surface area (Å²) in [6, 6.07) is 6.21. The molecule has 0 radical (unpaired) electrons. The number of carbonyl (C=O) groups is 1. The number of benzene rings is 1. The van der Waals surface area contributed by atoms with Gasteiger partial charge in [-0.2, -0.15) is 4.31 Å². The van der Waals surface area contributed by atoms with Gasteiger partial charge in [0.2, 0.25) is 10.0 Å². The van der Waals surface area contributed by atoms with Crippen LogP contribution in [0.2, 0.25) is 5.02 Å². The Balaban J connectivity index is 1.55. The first-order chi connectivity index (χ1) is 12.8. The van der Waals surface area contributed by atoms with E-state index >= 15 is 0 Å². The van der Waals surface area contributed by atoms with E-state index in [9.17, 15) is 13.2 Å². The zero-order valence-corrected chi connectivity index (χ0v) is 17.6. The monoisotopic (exact) mass is 414 g/mol. The molecule has 1 aromatic carbocycles. The number of nitrogens with zero attached hydrogens (tertiary/aromatic N) is 2. The standard InChI is InChI=1S/C19H28ClN3O3S/c1-15-11-16(2)13-21(12-15)14-19(24)22-7-9-23(10-8-22)27(25,26)18-5-3-17(20)4-6-18/h3-6,15-16H,7-14H2,1-2H3/p+1/t15-,16-/m1/s1. The number of likely N-dealkylation sites (tertiary alicyclic amines) is 1.